The third kappa shape index (κ3) is 4.11. The highest BCUT2D eigenvalue weighted by molar-refractivity contribution is 5.93. The minimum absolute atomic E-state index is 0.0497. The Hall–Kier alpha value is -4.33. The van der Waals surface area contributed by atoms with Crippen molar-refractivity contribution in [2.45, 2.75) is 19.8 Å². The molecule has 3 aromatic rings. The van der Waals surface area contributed by atoms with Crippen LogP contribution in [0.4, 0.5) is 0 Å². The van der Waals surface area contributed by atoms with Gasteiger partial charge in [0.1, 0.15) is 22.6 Å². The van der Waals surface area contributed by atoms with Crippen molar-refractivity contribution in [1.82, 2.24) is 0 Å². The molecule has 0 amide bonds. The van der Waals surface area contributed by atoms with Crippen LogP contribution >= 0.6 is 0 Å². The first-order valence-corrected chi connectivity index (χ1v) is 9.48. The molecular formula is C24H20O8. The van der Waals surface area contributed by atoms with Crippen LogP contribution in [0.1, 0.15) is 64.8 Å². The van der Waals surface area contributed by atoms with Gasteiger partial charge in [-0.3, -0.25) is 0 Å². The van der Waals surface area contributed by atoms with Crippen molar-refractivity contribution in [1.29, 1.82) is 0 Å². The van der Waals surface area contributed by atoms with Gasteiger partial charge in [0, 0.05) is 5.92 Å². The largest absolute Gasteiger partial charge is 0.507 e. The van der Waals surface area contributed by atoms with Crippen LogP contribution in [0.15, 0.2) is 48.5 Å². The highest BCUT2D eigenvalue weighted by Gasteiger charge is 2.24. The van der Waals surface area contributed by atoms with Gasteiger partial charge in [0.25, 0.3) is 0 Å². The van der Waals surface area contributed by atoms with Crippen molar-refractivity contribution in [3.8, 4) is 11.5 Å². The molecule has 0 heterocycles. The van der Waals surface area contributed by atoms with E-state index >= 15 is 0 Å². The predicted molar refractivity (Wildman–Crippen MR) is 114 cm³/mol. The van der Waals surface area contributed by atoms with Gasteiger partial charge in [-0.25, -0.2) is 14.4 Å². The number of rotatable bonds is 6. The fourth-order valence-corrected chi connectivity index (χ4v) is 3.67. The summed E-state index contributed by atoms with van der Waals surface area (Å²) in [5, 5.41) is 48.5. The van der Waals surface area contributed by atoms with Gasteiger partial charge >= 0.3 is 17.9 Å². The molecule has 0 radical (unpaired) electrons. The Morgan fingerprint density at radius 3 is 1.38 bits per heavy atom. The van der Waals surface area contributed by atoms with Crippen molar-refractivity contribution in [3.05, 3.63) is 93.0 Å². The number of benzene rings is 3. The number of carbonyl (C=O) groups is 3. The number of hydrogen-bond acceptors (Lipinski definition) is 5. The highest BCUT2D eigenvalue weighted by Crippen LogP contribution is 2.38. The molecule has 32 heavy (non-hydrogen) atoms. The first-order chi connectivity index (χ1) is 15.0. The van der Waals surface area contributed by atoms with Gasteiger partial charge in [0.2, 0.25) is 0 Å². The van der Waals surface area contributed by atoms with Crippen LogP contribution in [-0.4, -0.2) is 43.4 Å². The zero-order chi connectivity index (χ0) is 23.7. The summed E-state index contributed by atoms with van der Waals surface area (Å²) in [6, 6.07) is 11.6. The Balaban J connectivity index is 2.32. The van der Waals surface area contributed by atoms with E-state index in [1.54, 1.807) is 38.1 Å². The number of carboxylic acid groups (broad SMARTS) is 3. The Labute approximate surface area is 182 Å². The van der Waals surface area contributed by atoms with Gasteiger partial charge in [-0.15, -0.1) is 0 Å². The summed E-state index contributed by atoms with van der Waals surface area (Å²) >= 11 is 0. The van der Waals surface area contributed by atoms with E-state index in [0.717, 1.165) is 0 Å². The van der Waals surface area contributed by atoms with Crippen LogP contribution in [0.2, 0.25) is 0 Å². The van der Waals surface area contributed by atoms with Crippen molar-refractivity contribution in [2.75, 3.05) is 0 Å². The molecule has 0 aliphatic rings. The summed E-state index contributed by atoms with van der Waals surface area (Å²) in [6.45, 7) is 3.08. The summed E-state index contributed by atoms with van der Waals surface area (Å²) in [5.41, 5.74) is 1.49. The molecule has 0 saturated carbocycles. The zero-order valence-electron chi connectivity index (χ0n) is 17.2. The molecule has 3 aromatic carbocycles. The van der Waals surface area contributed by atoms with Crippen LogP contribution in [0, 0.1) is 13.8 Å². The smallest absolute Gasteiger partial charge is 0.339 e. The van der Waals surface area contributed by atoms with E-state index in [1.165, 1.54) is 24.3 Å². The van der Waals surface area contributed by atoms with E-state index in [9.17, 15) is 39.9 Å². The average Bonchev–Trinajstić information content (AvgIpc) is 2.72. The van der Waals surface area contributed by atoms with E-state index in [-0.39, 0.29) is 28.2 Å². The van der Waals surface area contributed by atoms with Crippen LogP contribution in [0.5, 0.6) is 11.5 Å². The van der Waals surface area contributed by atoms with Crippen molar-refractivity contribution in [3.63, 3.8) is 0 Å². The number of hydrogen-bond donors (Lipinski definition) is 5. The normalized spacial score (nSPS) is 10.8. The monoisotopic (exact) mass is 436 g/mol. The van der Waals surface area contributed by atoms with E-state index in [4.69, 9.17) is 0 Å². The molecule has 164 valence electrons. The molecule has 5 N–H and O–H groups in total. The van der Waals surface area contributed by atoms with Crippen LogP contribution < -0.4 is 0 Å². The number of aromatic hydroxyl groups is 2. The maximum atomic E-state index is 11.6. The van der Waals surface area contributed by atoms with Crippen LogP contribution in [-0.2, 0) is 0 Å². The number of carboxylic acids is 3. The van der Waals surface area contributed by atoms with Crippen LogP contribution in [0.3, 0.4) is 0 Å². The lowest BCUT2D eigenvalue weighted by atomic mass is 9.82. The fourth-order valence-electron chi connectivity index (χ4n) is 3.67. The van der Waals surface area contributed by atoms with Crippen molar-refractivity contribution in [2.24, 2.45) is 0 Å². The molecule has 8 heteroatoms. The second-order valence-corrected chi connectivity index (χ2v) is 7.44. The summed E-state index contributed by atoms with van der Waals surface area (Å²) < 4.78 is 0. The third-order valence-corrected chi connectivity index (χ3v) is 5.26. The summed E-state index contributed by atoms with van der Waals surface area (Å²) in [4.78, 5) is 34.5. The van der Waals surface area contributed by atoms with E-state index in [1.807, 2.05) is 0 Å². The lowest BCUT2D eigenvalue weighted by Gasteiger charge is -2.22. The first kappa shape index (κ1) is 22.4. The fraction of sp³-hybridized carbons (Fsp3) is 0.125. The summed E-state index contributed by atoms with van der Waals surface area (Å²) in [6.07, 6.45) is 0. The van der Waals surface area contributed by atoms with Gasteiger partial charge in [0.05, 0.1) is 5.56 Å². The Morgan fingerprint density at radius 1 is 0.625 bits per heavy atom. The quantitative estimate of drug-likeness (QED) is 0.364. The summed E-state index contributed by atoms with van der Waals surface area (Å²) in [7, 11) is 0. The highest BCUT2D eigenvalue weighted by atomic mass is 16.4. The third-order valence-electron chi connectivity index (χ3n) is 5.26. The Bertz CT molecular complexity index is 1170. The molecule has 0 aromatic heterocycles. The molecule has 0 bridgehead atoms. The van der Waals surface area contributed by atoms with Crippen molar-refractivity contribution < 1.29 is 39.9 Å². The molecule has 0 aliphatic carbocycles. The zero-order valence-corrected chi connectivity index (χ0v) is 17.2. The molecule has 0 unspecified atom stereocenters. The average molecular weight is 436 g/mol. The molecule has 8 nitrogen and oxygen atoms in total. The Kier molecular flexibility index (Phi) is 5.89. The van der Waals surface area contributed by atoms with E-state index < -0.39 is 23.8 Å². The second kappa shape index (κ2) is 8.43. The number of phenols is 2. The van der Waals surface area contributed by atoms with E-state index in [2.05, 4.69) is 0 Å². The lowest BCUT2D eigenvalue weighted by molar-refractivity contribution is 0.0682. The van der Waals surface area contributed by atoms with Crippen molar-refractivity contribution >= 4 is 17.9 Å². The molecule has 0 spiro atoms. The SMILES string of the molecule is Cc1cc(C(c2ccc(C(=O)O)cc2)c2cc(C)c(O)c(C(=O)O)c2)cc(C(=O)O)c1O. The maximum Gasteiger partial charge on any atom is 0.339 e. The summed E-state index contributed by atoms with van der Waals surface area (Å²) in [5.74, 6) is -5.24. The molecule has 0 atom stereocenters. The van der Waals surface area contributed by atoms with Gasteiger partial charge in [0.15, 0.2) is 0 Å². The predicted octanol–water partition coefficient (Wildman–Crippen LogP) is 3.99. The Morgan fingerprint density at radius 2 is 1.03 bits per heavy atom. The standard InChI is InChI=1S/C24H20O8/c1-11-7-15(9-17(20(11)25)23(29)30)19(13-3-5-14(6-4-13)22(27)28)16-8-12(2)21(26)18(10-16)24(31)32/h3-10,19,25-26H,1-2H3,(H,27,28)(H,29,30)(H,31,32). The maximum absolute atomic E-state index is 11.6. The van der Waals surface area contributed by atoms with Gasteiger partial charge in [-0.1, -0.05) is 24.3 Å². The number of aryl methyl sites for hydroxylation is 2. The second-order valence-electron chi connectivity index (χ2n) is 7.44. The van der Waals surface area contributed by atoms with Gasteiger partial charge in [-0.2, -0.15) is 0 Å². The molecule has 3 rings (SSSR count). The first-order valence-electron chi connectivity index (χ1n) is 9.48. The molecule has 0 fully saturated rings. The molecule has 0 aliphatic heterocycles. The molecule has 0 saturated heterocycles. The number of aromatic carboxylic acids is 3. The lowest BCUT2D eigenvalue weighted by Crippen LogP contribution is -2.09. The van der Waals surface area contributed by atoms with Crippen LogP contribution in [0.25, 0.3) is 0 Å². The molecular weight excluding hydrogens is 416 g/mol. The minimum Gasteiger partial charge on any atom is -0.507 e. The van der Waals surface area contributed by atoms with Gasteiger partial charge in [-0.05, 0) is 65.9 Å². The van der Waals surface area contributed by atoms with E-state index in [0.29, 0.717) is 27.8 Å². The topological polar surface area (TPSA) is 152 Å². The minimum atomic E-state index is -1.33. The van der Waals surface area contributed by atoms with Gasteiger partial charge < -0.3 is 25.5 Å².